The molecule has 1 aromatic carbocycles. The number of fused-ring (bicyclic) bond motifs is 1. The minimum atomic E-state index is -5.08. The molecule has 0 fully saturated rings. The lowest BCUT2D eigenvalue weighted by Crippen LogP contribution is -2.21. The lowest BCUT2D eigenvalue weighted by Gasteiger charge is -2.14. The zero-order valence-corrected chi connectivity index (χ0v) is 21.5. The number of ether oxygens (including phenoxy) is 1. The normalized spacial score (nSPS) is 12.1. The maximum absolute atomic E-state index is 10.6. The van der Waals surface area contributed by atoms with Crippen LogP contribution in [0.5, 0.6) is 5.75 Å². The molecule has 0 aliphatic rings. The summed E-state index contributed by atoms with van der Waals surface area (Å²) in [6.07, 6.45) is 0.177. The average molecular weight is 532 g/mol. The molecule has 3 aromatic rings. The Morgan fingerprint density at radius 3 is 2.54 bits per heavy atom. The molecule has 0 saturated heterocycles. The van der Waals surface area contributed by atoms with Gasteiger partial charge in [0.2, 0.25) is 0 Å². The van der Waals surface area contributed by atoms with Crippen molar-refractivity contribution in [2.24, 2.45) is 0 Å². The van der Waals surface area contributed by atoms with Gasteiger partial charge in [-0.15, -0.1) is 11.8 Å². The van der Waals surface area contributed by atoms with Crippen LogP contribution in [0.2, 0.25) is 5.02 Å². The number of benzene rings is 1. The number of unbranched alkanes of at least 4 members (excludes halogenated alkanes) is 1. The third-order valence-electron chi connectivity index (χ3n) is 4.99. The Bertz CT molecular complexity index is 1140. The first-order chi connectivity index (χ1) is 16.5. The number of rotatable bonds is 9. The fraction of sp³-hybridized carbons (Fsp3) is 0.417. The summed E-state index contributed by atoms with van der Waals surface area (Å²) in [7, 11) is 1.73. The first kappa shape index (κ1) is 28.6. The molecule has 0 saturated carbocycles. The Morgan fingerprint density at radius 2 is 1.97 bits per heavy atom. The molecular weight excluding hydrogens is 503 g/mol. The Kier molecular flexibility index (Phi) is 10.6. The van der Waals surface area contributed by atoms with E-state index in [1.54, 1.807) is 7.11 Å². The highest BCUT2D eigenvalue weighted by Crippen LogP contribution is 2.38. The van der Waals surface area contributed by atoms with Gasteiger partial charge >= 0.3 is 12.1 Å². The number of carboxylic acid groups (broad SMARTS) is 1. The van der Waals surface area contributed by atoms with Crippen LogP contribution >= 0.6 is 23.4 Å². The molecule has 0 radical (unpaired) electrons. The number of alkyl halides is 3. The molecule has 2 N–H and O–H groups in total. The quantitative estimate of drug-likeness (QED) is 0.221. The van der Waals surface area contributed by atoms with Crippen molar-refractivity contribution >= 4 is 40.8 Å². The van der Waals surface area contributed by atoms with Gasteiger partial charge in [0.1, 0.15) is 22.9 Å². The summed E-state index contributed by atoms with van der Waals surface area (Å²) in [6.45, 7) is 7.52. The maximum atomic E-state index is 10.6. The van der Waals surface area contributed by atoms with E-state index in [9.17, 15) is 13.2 Å². The van der Waals surface area contributed by atoms with Crippen LogP contribution in [0.3, 0.4) is 0 Å². The number of hydrogen-bond acceptors (Lipinski definition) is 5. The Hall–Kier alpha value is -2.59. The predicted molar refractivity (Wildman–Crippen MR) is 135 cm³/mol. The van der Waals surface area contributed by atoms with Crippen LogP contribution < -0.4 is 10.1 Å². The Balaban J connectivity index is 0.000000540. The molecule has 1 unspecified atom stereocenters. The molecule has 0 spiro atoms. The largest absolute Gasteiger partial charge is 0.496 e. The number of thioether (sulfide) groups is 1. The van der Waals surface area contributed by atoms with Gasteiger partial charge in [0, 0.05) is 28.5 Å². The monoisotopic (exact) mass is 531 g/mol. The van der Waals surface area contributed by atoms with Crippen LogP contribution in [-0.4, -0.2) is 45.5 Å². The SMILES string of the molecule is CCCCNc1c(-c2ccc(SC(C)CC)c(OC)c2)nc2ccc(Cl)cn12.O=C(O)C(F)(F)F. The van der Waals surface area contributed by atoms with Crippen molar-refractivity contribution in [3.05, 3.63) is 41.6 Å². The van der Waals surface area contributed by atoms with Crippen molar-refractivity contribution in [1.82, 2.24) is 9.38 Å². The van der Waals surface area contributed by atoms with E-state index in [0.717, 1.165) is 59.2 Å². The highest BCUT2D eigenvalue weighted by molar-refractivity contribution is 8.00. The third-order valence-corrected chi connectivity index (χ3v) is 6.54. The first-order valence-electron chi connectivity index (χ1n) is 11.1. The van der Waals surface area contributed by atoms with Gasteiger partial charge in [0.15, 0.2) is 0 Å². The number of carbonyl (C=O) groups is 1. The van der Waals surface area contributed by atoms with Crippen molar-refractivity contribution in [1.29, 1.82) is 0 Å². The molecule has 2 heterocycles. The third kappa shape index (κ3) is 7.96. The summed E-state index contributed by atoms with van der Waals surface area (Å²) in [6, 6.07) is 10.2. The topological polar surface area (TPSA) is 75.9 Å². The van der Waals surface area contributed by atoms with Gasteiger partial charge in [-0.1, -0.05) is 44.9 Å². The van der Waals surface area contributed by atoms with Gasteiger partial charge in [0.05, 0.1) is 12.1 Å². The number of hydrogen-bond donors (Lipinski definition) is 2. The molecule has 2 aromatic heterocycles. The number of pyridine rings is 1. The number of anilines is 1. The van der Waals surface area contributed by atoms with Crippen molar-refractivity contribution in [3.63, 3.8) is 0 Å². The predicted octanol–water partition coefficient (Wildman–Crippen LogP) is 7.40. The van der Waals surface area contributed by atoms with Crippen molar-refractivity contribution in [3.8, 4) is 17.0 Å². The van der Waals surface area contributed by atoms with E-state index in [1.807, 2.05) is 34.5 Å². The second kappa shape index (κ2) is 12.9. The zero-order chi connectivity index (χ0) is 26.2. The molecule has 35 heavy (non-hydrogen) atoms. The molecule has 3 rings (SSSR count). The number of nitrogens with zero attached hydrogens (tertiary/aromatic N) is 2. The number of halogens is 4. The maximum Gasteiger partial charge on any atom is 0.490 e. The lowest BCUT2D eigenvalue weighted by atomic mass is 10.1. The number of carboxylic acids is 1. The van der Waals surface area contributed by atoms with Gasteiger partial charge < -0.3 is 15.2 Å². The lowest BCUT2D eigenvalue weighted by molar-refractivity contribution is -0.192. The molecule has 0 aliphatic heterocycles. The van der Waals surface area contributed by atoms with Gasteiger partial charge in [-0.05, 0) is 37.1 Å². The van der Waals surface area contributed by atoms with Gasteiger partial charge in [-0.2, -0.15) is 13.2 Å². The molecule has 0 aliphatic carbocycles. The highest BCUT2D eigenvalue weighted by Gasteiger charge is 2.38. The summed E-state index contributed by atoms with van der Waals surface area (Å²) in [5.74, 6) is -0.903. The van der Waals surface area contributed by atoms with Crippen LogP contribution in [-0.2, 0) is 4.79 Å². The van der Waals surface area contributed by atoms with Crippen molar-refractivity contribution < 1.29 is 27.8 Å². The summed E-state index contributed by atoms with van der Waals surface area (Å²) >= 11 is 8.08. The smallest absolute Gasteiger partial charge is 0.490 e. The van der Waals surface area contributed by atoms with E-state index in [4.69, 9.17) is 31.2 Å². The second-order valence-electron chi connectivity index (χ2n) is 7.67. The van der Waals surface area contributed by atoms with Crippen LogP contribution in [0.4, 0.5) is 19.0 Å². The Morgan fingerprint density at radius 1 is 1.29 bits per heavy atom. The van der Waals surface area contributed by atoms with E-state index in [0.29, 0.717) is 10.3 Å². The van der Waals surface area contributed by atoms with Gasteiger partial charge in [-0.25, -0.2) is 9.78 Å². The summed E-state index contributed by atoms with van der Waals surface area (Å²) in [5.41, 5.74) is 2.82. The minimum absolute atomic E-state index is 0.545. The fourth-order valence-electron chi connectivity index (χ4n) is 2.98. The number of nitrogens with one attached hydrogen (secondary N) is 1. The van der Waals surface area contributed by atoms with Crippen LogP contribution in [0, 0.1) is 0 Å². The van der Waals surface area contributed by atoms with Gasteiger partial charge in [0.25, 0.3) is 0 Å². The number of aliphatic carboxylic acids is 1. The van der Waals surface area contributed by atoms with Crippen LogP contribution in [0.15, 0.2) is 41.4 Å². The minimum Gasteiger partial charge on any atom is -0.496 e. The number of methoxy groups -OCH3 is 1. The average Bonchev–Trinajstić information content (AvgIpc) is 3.16. The Labute approximate surface area is 211 Å². The second-order valence-corrected chi connectivity index (χ2v) is 9.59. The van der Waals surface area contributed by atoms with Gasteiger partial charge in [-0.3, -0.25) is 4.40 Å². The zero-order valence-electron chi connectivity index (χ0n) is 19.9. The van der Waals surface area contributed by atoms with Crippen molar-refractivity contribution in [2.45, 2.75) is 56.4 Å². The van der Waals surface area contributed by atoms with E-state index < -0.39 is 12.1 Å². The van der Waals surface area contributed by atoms with E-state index in [-0.39, 0.29) is 0 Å². The molecule has 192 valence electrons. The van der Waals surface area contributed by atoms with E-state index in [2.05, 4.69) is 44.3 Å². The standard InChI is InChI=1S/C22H28ClN3OS.C2HF3O2/c1-5-7-12-24-22-21(25-20-11-9-17(23)14-26(20)22)16-8-10-19(18(13-16)27-4)28-15(3)6-2;3-2(4,5)1(6)7/h8-11,13-15,24H,5-7,12H2,1-4H3;(H,6,7). The molecule has 11 heteroatoms. The fourth-order valence-corrected chi connectivity index (χ4v) is 4.15. The number of aromatic nitrogens is 2. The summed E-state index contributed by atoms with van der Waals surface area (Å²) in [4.78, 5) is 14.9. The summed E-state index contributed by atoms with van der Waals surface area (Å²) < 4.78 is 39.5. The molecule has 6 nitrogen and oxygen atoms in total. The van der Waals surface area contributed by atoms with E-state index in [1.165, 1.54) is 0 Å². The summed E-state index contributed by atoms with van der Waals surface area (Å²) in [5, 5.41) is 11.9. The first-order valence-corrected chi connectivity index (χ1v) is 12.3. The molecule has 0 bridgehead atoms. The van der Waals surface area contributed by atoms with Crippen LogP contribution in [0.1, 0.15) is 40.0 Å². The molecule has 1 atom stereocenters. The molecular formula is C24H29ClF3N3O3S. The number of imidazole rings is 1. The molecule has 0 amide bonds. The highest BCUT2D eigenvalue weighted by atomic mass is 35.5. The van der Waals surface area contributed by atoms with Crippen LogP contribution in [0.25, 0.3) is 16.9 Å². The van der Waals surface area contributed by atoms with Crippen molar-refractivity contribution in [2.75, 3.05) is 19.0 Å². The van der Waals surface area contributed by atoms with E-state index >= 15 is 0 Å².